The summed E-state index contributed by atoms with van der Waals surface area (Å²) in [5, 5.41) is 2.66. The van der Waals surface area contributed by atoms with E-state index in [1.165, 1.54) is 5.56 Å². The van der Waals surface area contributed by atoms with Gasteiger partial charge in [0, 0.05) is 11.3 Å². The number of hydrogen-bond acceptors (Lipinski definition) is 5. The quantitative estimate of drug-likeness (QED) is 0.530. The van der Waals surface area contributed by atoms with Crippen molar-refractivity contribution in [1.29, 1.82) is 0 Å². The number of hydrogen-bond donors (Lipinski definition) is 1. The highest BCUT2D eigenvalue weighted by molar-refractivity contribution is 7.99. The van der Waals surface area contributed by atoms with Gasteiger partial charge in [-0.15, -0.1) is 11.8 Å². The first kappa shape index (κ1) is 24.0. The van der Waals surface area contributed by atoms with E-state index in [2.05, 4.69) is 50.4 Å². The van der Waals surface area contributed by atoms with E-state index >= 15 is 0 Å². The van der Waals surface area contributed by atoms with Gasteiger partial charge < -0.3 is 19.4 Å². The zero-order valence-corrected chi connectivity index (χ0v) is 20.7. The van der Waals surface area contributed by atoms with Crippen molar-refractivity contribution >= 4 is 23.6 Å². The number of ether oxygens (including phenoxy) is 1. The Balaban J connectivity index is 1.61. The number of methoxy groups -OCH3 is 1. The molecule has 0 radical (unpaired) electrons. The Bertz CT molecular complexity index is 1120. The van der Waals surface area contributed by atoms with E-state index in [0.29, 0.717) is 22.8 Å². The Labute approximate surface area is 204 Å². The highest BCUT2D eigenvalue weighted by Gasteiger charge is 2.42. The Morgan fingerprint density at radius 2 is 1.79 bits per heavy atom. The van der Waals surface area contributed by atoms with Crippen LogP contribution in [-0.4, -0.2) is 35.6 Å². The number of thioether (sulfide) groups is 1. The van der Waals surface area contributed by atoms with Crippen LogP contribution < -0.4 is 10.1 Å². The van der Waals surface area contributed by atoms with Crippen LogP contribution in [0.4, 0.5) is 0 Å². The second-order valence-electron chi connectivity index (χ2n) is 9.31. The molecule has 34 heavy (non-hydrogen) atoms. The topological polar surface area (TPSA) is 71.8 Å². The van der Waals surface area contributed by atoms with E-state index < -0.39 is 6.04 Å². The summed E-state index contributed by atoms with van der Waals surface area (Å²) in [5.41, 5.74) is 2.78. The minimum absolute atomic E-state index is 0.0359. The summed E-state index contributed by atoms with van der Waals surface area (Å²) in [7, 11) is 1.59. The van der Waals surface area contributed by atoms with Crippen molar-refractivity contribution in [3.05, 3.63) is 89.4 Å². The maximum atomic E-state index is 13.7. The molecule has 0 bridgehead atoms. The Kier molecular flexibility index (Phi) is 7.03. The van der Waals surface area contributed by atoms with Crippen molar-refractivity contribution in [1.82, 2.24) is 10.2 Å². The molecular weight excluding hydrogens is 448 g/mol. The lowest BCUT2D eigenvalue weighted by atomic mass is 9.86. The third-order valence-corrected chi connectivity index (χ3v) is 7.28. The molecule has 0 aliphatic carbocycles. The van der Waals surface area contributed by atoms with Crippen LogP contribution in [0.5, 0.6) is 5.75 Å². The van der Waals surface area contributed by atoms with Crippen LogP contribution in [-0.2, 0) is 16.8 Å². The van der Waals surface area contributed by atoms with Crippen LogP contribution >= 0.6 is 11.8 Å². The Morgan fingerprint density at radius 1 is 1.09 bits per heavy atom. The monoisotopic (exact) mass is 478 g/mol. The SMILES string of the molecule is COc1ccc(C(=O)N2C(C(=O)NCc3ccco3)CSC2c2ccc(C(C)(C)C)cc2)cc1. The minimum atomic E-state index is -0.596. The van der Waals surface area contributed by atoms with E-state index in [1.54, 1.807) is 60.4 Å². The van der Waals surface area contributed by atoms with Crippen LogP contribution in [0.3, 0.4) is 0 Å². The first-order valence-corrected chi connectivity index (χ1v) is 12.3. The van der Waals surface area contributed by atoms with Crippen LogP contribution in [0.1, 0.15) is 53.4 Å². The van der Waals surface area contributed by atoms with Gasteiger partial charge in [0.1, 0.15) is 22.9 Å². The molecule has 2 heterocycles. The van der Waals surface area contributed by atoms with Crippen LogP contribution in [0.25, 0.3) is 0 Å². The summed E-state index contributed by atoms with van der Waals surface area (Å²) < 4.78 is 10.6. The third kappa shape index (κ3) is 5.14. The maximum absolute atomic E-state index is 13.7. The lowest BCUT2D eigenvalue weighted by Gasteiger charge is -2.29. The molecule has 1 aliphatic heterocycles. The predicted octanol–water partition coefficient (Wildman–Crippen LogP) is 5.16. The average Bonchev–Trinajstić information content (AvgIpc) is 3.52. The summed E-state index contributed by atoms with van der Waals surface area (Å²) in [6.07, 6.45) is 1.57. The molecule has 0 saturated carbocycles. The fourth-order valence-corrected chi connectivity index (χ4v) is 5.38. The van der Waals surface area contributed by atoms with Gasteiger partial charge in [0.15, 0.2) is 0 Å². The number of nitrogens with one attached hydrogen (secondary N) is 1. The smallest absolute Gasteiger partial charge is 0.255 e. The summed E-state index contributed by atoms with van der Waals surface area (Å²) in [5.74, 6) is 1.48. The molecule has 2 amide bonds. The Hall–Kier alpha value is -3.19. The number of carbonyl (C=O) groups excluding carboxylic acids is 2. The second kappa shape index (κ2) is 9.97. The lowest BCUT2D eigenvalue weighted by molar-refractivity contribution is -0.125. The van der Waals surface area contributed by atoms with Crippen molar-refractivity contribution in [2.24, 2.45) is 0 Å². The second-order valence-corrected chi connectivity index (χ2v) is 10.4. The van der Waals surface area contributed by atoms with Crippen molar-refractivity contribution in [3.8, 4) is 5.75 Å². The third-order valence-electron chi connectivity index (χ3n) is 5.95. The number of carbonyl (C=O) groups is 2. The zero-order chi connectivity index (χ0) is 24.3. The van der Waals surface area contributed by atoms with Crippen molar-refractivity contribution in [2.75, 3.05) is 12.9 Å². The number of benzene rings is 2. The van der Waals surface area contributed by atoms with E-state index in [-0.39, 0.29) is 29.1 Å². The molecule has 2 aromatic carbocycles. The fourth-order valence-electron chi connectivity index (χ4n) is 3.95. The van der Waals surface area contributed by atoms with Crippen LogP contribution in [0.15, 0.2) is 71.3 Å². The fraction of sp³-hybridized carbons (Fsp3) is 0.333. The zero-order valence-electron chi connectivity index (χ0n) is 19.9. The van der Waals surface area contributed by atoms with E-state index in [0.717, 1.165) is 5.56 Å². The normalized spacial score (nSPS) is 18.1. The molecule has 6 nitrogen and oxygen atoms in total. The van der Waals surface area contributed by atoms with E-state index in [1.807, 2.05) is 6.07 Å². The highest BCUT2D eigenvalue weighted by atomic mass is 32.2. The predicted molar refractivity (Wildman–Crippen MR) is 134 cm³/mol. The van der Waals surface area contributed by atoms with Gasteiger partial charge in [0.25, 0.3) is 5.91 Å². The first-order chi connectivity index (χ1) is 16.3. The van der Waals surface area contributed by atoms with Gasteiger partial charge in [-0.2, -0.15) is 0 Å². The molecule has 178 valence electrons. The van der Waals surface area contributed by atoms with Crippen LogP contribution in [0, 0.1) is 0 Å². The highest BCUT2D eigenvalue weighted by Crippen LogP contribution is 2.43. The van der Waals surface area contributed by atoms with E-state index in [4.69, 9.17) is 9.15 Å². The molecule has 1 aromatic heterocycles. The van der Waals surface area contributed by atoms with Gasteiger partial charge in [-0.3, -0.25) is 9.59 Å². The molecule has 1 fully saturated rings. The summed E-state index contributed by atoms with van der Waals surface area (Å²) in [6, 6.07) is 18.3. The maximum Gasteiger partial charge on any atom is 0.255 e. The summed E-state index contributed by atoms with van der Waals surface area (Å²) in [4.78, 5) is 28.6. The van der Waals surface area contributed by atoms with Crippen molar-refractivity contribution < 1.29 is 18.7 Å². The number of rotatable bonds is 6. The standard InChI is InChI=1S/C27H30N2O4S/c1-27(2,3)20-11-7-19(8-12-20)26-29(25(31)18-9-13-21(32-4)14-10-18)23(17-34-26)24(30)28-16-22-6-5-15-33-22/h5-15,23,26H,16-17H2,1-4H3,(H,28,30). The molecule has 4 rings (SSSR count). The molecule has 1 saturated heterocycles. The largest absolute Gasteiger partial charge is 0.497 e. The molecule has 3 aromatic rings. The van der Waals surface area contributed by atoms with Gasteiger partial charge >= 0.3 is 0 Å². The van der Waals surface area contributed by atoms with Crippen molar-refractivity contribution in [2.45, 2.75) is 44.1 Å². The van der Waals surface area contributed by atoms with E-state index in [9.17, 15) is 9.59 Å². The molecule has 1 aliphatic rings. The van der Waals surface area contributed by atoms with Gasteiger partial charge in [0.05, 0.1) is 19.9 Å². The average molecular weight is 479 g/mol. The molecule has 2 unspecified atom stereocenters. The molecule has 1 N–H and O–H groups in total. The summed E-state index contributed by atoms with van der Waals surface area (Å²) in [6.45, 7) is 6.80. The molecule has 2 atom stereocenters. The van der Waals surface area contributed by atoms with Gasteiger partial charge in [-0.05, 0) is 52.9 Å². The number of furan rings is 1. The lowest BCUT2D eigenvalue weighted by Crippen LogP contribution is -2.47. The van der Waals surface area contributed by atoms with Crippen molar-refractivity contribution in [3.63, 3.8) is 0 Å². The minimum Gasteiger partial charge on any atom is -0.497 e. The molecular formula is C27H30N2O4S. The number of nitrogens with zero attached hydrogens (tertiary/aromatic N) is 1. The van der Waals surface area contributed by atoms with Gasteiger partial charge in [-0.1, -0.05) is 45.0 Å². The number of amides is 2. The van der Waals surface area contributed by atoms with Gasteiger partial charge in [-0.25, -0.2) is 0 Å². The first-order valence-electron chi connectivity index (χ1n) is 11.3. The molecule has 7 heteroatoms. The van der Waals surface area contributed by atoms with Gasteiger partial charge in [0.2, 0.25) is 5.91 Å². The Morgan fingerprint density at radius 3 is 2.38 bits per heavy atom. The molecule has 0 spiro atoms. The van der Waals surface area contributed by atoms with Crippen LogP contribution in [0.2, 0.25) is 0 Å². The summed E-state index contributed by atoms with van der Waals surface area (Å²) >= 11 is 1.60.